The fraction of sp³-hybridized carbons (Fsp3) is 0.400. The molecule has 102 valence electrons. The van der Waals surface area contributed by atoms with Crippen LogP contribution < -0.4 is 9.47 Å². The van der Waals surface area contributed by atoms with Gasteiger partial charge in [-0.1, -0.05) is 11.6 Å². The van der Waals surface area contributed by atoms with Gasteiger partial charge in [0.1, 0.15) is 18.1 Å². The molecule has 0 aliphatic carbocycles. The number of allylic oxidation sites excluding steroid dienone is 1. The summed E-state index contributed by atoms with van der Waals surface area (Å²) in [6.07, 6.45) is 0.0865. The van der Waals surface area contributed by atoms with E-state index in [9.17, 15) is 4.79 Å². The summed E-state index contributed by atoms with van der Waals surface area (Å²) in [4.78, 5) is 11.1. The van der Waals surface area contributed by atoms with E-state index in [0.717, 1.165) is 22.5 Å². The number of hydrogen-bond donors (Lipinski definition) is 1. The van der Waals surface area contributed by atoms with Crippen LogP contribution in [0.3, 0.4) is 0 Å². The molecule has 0 spiro atoms. The van der Waals surface area contributed by atoms with Gasteiger partial charge in [0.15, 0.2) is 0 Å². The molecule has 1 aromatic rings. The number of aliphatic carboxylic acids is 1. The van der Waals surface area contributed by atoms with Gasteiger partial charge >= 0.3 is 5.97 Å². The molecule has 0 aromatic heterocycles. The lowest BCUT2D eigenvalue weighted by Gasteiger charge is -2.29. The van der Waals surface area contributed by atoms with E-state index in [1.807, 2.05) is 32.0 Å². The molecule has 1 heterocycles. The highest BCUT2D eigenvalue weighted by Gasteiger charge is 2.28. The SMILES string of the molecule is COc1ccc2c(c1)OCC(=C(C)C)C2CC(=O)O. The van der Waals surface area contributed by atoms with Gasteiger partial charge in [-0.3, -0.25) is 4.79 Å². The lowest BCUT2D eigenvalue weighted by Crippen LogP contribution is -2.21. The predicted molar refractivity (Wildman–Crippen MR) is 71.9 cm³/mol. The van der Waals surface area contributed by atoms with Gasteiger partial charge in [-0.25, -0.2) is 0 Å². The Bertz CT molecular complexity index is 527. The van der Waals surface area contributed by atoms with E-state index in [1.54, 1.807) is 7.11 Å². The first-order valence-electron chi connectivity index (χ1n) is 6.21. The van der Waals surface area contributed by atoms with Crippen molar-refractivity contribution in [2.75, 3.05) is 13.7 Å². The number of methoxy groups -OCH3 is 1. The maximum atomic E-state index is 11.1. The zero-order valence-corrected chi connectivity index (χ0v) is 11.4. The van der Waals surface area contributed by atoms with Crippen LogP contribution in [0.5, 0.6) is 11.5 Å². The quantitative estimate of drug-likeness (QED) is 0.851. The highest BCUT2D eigenvalue weighted by molar-refractivity contribution is 5.70. The van der Waals surface area contributed by atoms with Crippen molar-refractivity contribution in [1.82, 2.24) is 0 Å². The summed E-state index contributed by atoms with van der Waals surface area (Å²) < 4.78 is 10.9. The van der Waals surface area contributed by atoms with Crippen LogP contribution in [0.15, 0.2) is 29.3 Å². The molecule has 0 fully saturated rings. The Hall–Kier alpha value is -1.97. The van der Waals surface area contributed by atoms with Crippen LogP contribution in [0.1, 0.15) is 31.7 Å². The van der Waals surface area contributed by atoms with Crippen LogP contribution in [0, 0.1) is 0 Å². The number of carboxylic acids is 1. The smallest absolute Gasteiger partial charge is 0.304 e. The number of carbonyl (C=O) groups is 1. The Morgan fingerprint density at radius 3 is 2.79 bits per heavy atom. The zero-order chi connectivity index (χ0) is 14.0. The first kappa shape index (κ1) is 13.5. The largest absolute Gasteiger partial charge is 0.497 e. The van der Waals surface area contributed by atoms with Crippen LogP contribution in [-0.4, -0.2) is 24.8 Å². The molecule has 1 atom stereocenters. The molecule has 0 radical (unpaired) electrons. The number of ether oxygens (including phenoxy) is 2. The van der Waals surface area contributed by atoms with Crippen LogP contribution in [-0.2, 0) is 4.79 Å². The fourth-order valence-corrected chi connectivity index (χ4v) is 2.40. The Balaban J connectivity index is 2.46. The second-order valence-electron chi connectivity index (χ2n) is 4.87. The molecule has 4 heteroatoms. The molecule has 19 heavy (non-hydrogen) atoms. The van der Waals surface area contributed by atoms with Crippen molar-refractivity contribution in [3.05, 3.63) is 34.9 Å². The molecule has 1 aliphatic heterocycles. The lowest BCUT2D eigenvalue weighted by atomic mass is 9.84. The molecule has 1 aliphatic rings. The van der Waals surface area contributed by atoms with Crippen LogP contribution in [0.4, 0.5) is 0 Å². The Labute approximate surface area is 112 Å². The molecule has 1 aromatic carbocycles. The van der Waals surface area contributed by atoms with E-state index in [-0.39, 0.29) is 12.3 Å². The summed E-state index contributed by atoms with van der Waals surface area (Å²) >= 11 is 0. The van der Waals surface area contributed by atoms with Crippen molar-refractivity contribution in [2.45, 2.75) is 26.2 Å². The number of rotatable bonds is 3. The number of hydrogen-bond acceptors (Lipinski definition) is 3. The molecule has 0 bridgehead atoms. The zero-order valence-electron chi connectivity index (χ0n) is 11.4. The van der Waals surface area contributed by atoms with Crippen molar-refractivity contribution in [1.29, 1.82) is 0 Å². The van der Waals surface area contributed by atoms with E-state index < -0.39 is 5.97 Å². The van der Waals surface area contributed by atoms with Crippen LogP contribution in [0.2, 0.25) is 0 Å². The van der Waals surface area contributed by atoms with Gasteiger partial charge in [-0.05, 0) is 25.5 Å². The van der Waals surface area contributed by atoms with Crippen molar-refractivity contribution in [3.8, 4) is 11.5 Å². The molecular weight excluding hydrogens is 244 g/mol. The normalized spacial score (nSPS) is 17.4. The van der Waals surface area contributed by atoms with Crippen LogP contribution >= 0.6 is 0 Å². The molecule has 1 N–H and O–H groups in total. The average Bonchev–Trinajstić information content (AvgIpc) is 2.37. The summed E-state index contributed by atoms with van der Waals surface area (Å²) in [6.45, 7) is 4.42. The molecule has 0 amide bonds. The molecule has 4 nitrogen and oxygen atoms in total. The van der Waals surface area contributed by atoms with Crippen molar-refractivity contribution in [3.63, 3.8) is 0 Å². The maximum absolute atomic E-state index is 11.1. The van der Waals surface area contributed by atoms with Gasteiger partial charge in [0, 0.05) is 17.5 Å². The molecule has 0 saturated heterocycles. The number of benzene rings is 1. The van der Waals surface area contributed by atoms with E-state index in [2.05, 4.69) is 0 Å². The second-order valence-corrected chi connectivity index (χ2v) is 4.87. The first-order valence-corrected chi connectivity index (χ1v) is 6.21. The standard InChI is InChI=1S/C15H18O4/c1-9(2)13-8-19-14-6-10(18-3)4-5-11(14)12(13)7-15(16)17/h4-6,12H,7-8H2,1-3H3,(H,16,17). The highest BCUT2D eigenvalue weighted by atomic mass is 16.5. The lowest BCUT2D eigenvalue weighted by molar-refractivity contribution is -0.137. The van der Waals surface area contributed by atoms with Crippen molar-refractivity contribution >= 4 is 5.97 Å². The minimum Gasteiger partial charge on any atom is -0.497 e. The summed E-state index contributed by atoms with van der Waals surface area (Å²) in [5.74, 6) is 0.522. The van der Waals surface area contributed by atoms with Gasteiger partial charge in [0.05, 0.1) is 13.5 Å². The predicted octanol–water partition coefficient (Wildman–Crippen LogP) is 2.98. The fourth-order valence-electron chi connectivity index (χ4n) is 2.40. The van der Waals surface area contributed by atoms with Gasteiger partial charge in [0.25, 0.3) is 0 Å². The third kappa shape index (κ3) is 2.72. The van der Waals surface area contributed by atoms with Crippen molar-refractivity contribution < 1.29 is 19.4 Å². The van der Waals surface area contributed by atoms with Crippen molar-refractivity contribution in [2.24, 2.45) is 0 Å². The summed E-state index contributed by atoms with van der Waals surface area (Å²) in [7, 11) is 1.60. The van der Waals surface area contributed by atoms with E-state index in [1.165, 1.54) is 0 Å². The van der Waals surface area contributed by atoms with Gasteiger partial charge in [-0.15, -0.1) is 0 Å². The van der Waals surface area contributed by atoms with E-state index >= 15 is 0 Å². The Morgan fingerprint density at radius 2 is 2.21 bits per heavy atom. The monoisotopic (exact) mass is 262 g/mol. The third-order valence-electron chi connectivity index (χ3n) is 3.42. The number of fused-ring (bicyclic) bond motifs is 1. The minimum absolute atomic E-state index is 0.0865. The van der Waals surface area contributed by atoms with Gasteiger partial charge in [-0.2, -0.15) is 0 Å². The van der Waals surface area contributed by atoms with Gasteiger partial charge < -0.3 is 14.6 Å². The molecule has 1 unspecified atom stereocenters. The Kier molecular flexibility index (Phi) is 3.79. The molecular formula is C15H18O4. The molecule has 0 saturated carbocycles. The minimum atomic E-state index is -0.799. The third-order valence-corrected chi connectivity index (χ3v) is 3.42. The number of carboxylic acid groups (broad SMARTS) is 1. The topological polar surface area (TPSA) is 55.8 Å². The molecule has 2 rings (SSSR count). The van der Waals surface area contributed by atoms with Crippen LogP contribution in [0.25, 0.3) is 0 Å². The summed E-state index contributed by atoms with van der Waals surface area (Å²) in [5.41, 5.74) is 3.10. The Morgan fingerprint density at radius 1 is 1.47 bits per heavy atom. The second kappa shape index (κ2) is 5.34. The van der Waals surface area contributed by atoms with Gasteiger partial charge in [0.2, 0.25) is 0 Å². The highest BCUT2D eigenvalue weighted by Crippen LogP contribution is 2.41. The first-order chi connectivity index (χ1) is 9.02. The summed E-state index contributed by atoms with van der Waals surface area (Å²) in [6, 6.07) is 5.54. The summed E-state index contributed by atoms with van der Waals surface area (Å²) in [5, 5.41) is 9.10. The van der Waals surface area contributed by atoms with E-state index in [0.29, 0.717) is 12.4 Å². The average molecular weight is 262 g/mol. The van der Waals surface area contributed by atoms with E-state index in [4.69, 9.17) is 14.6 Å². The maximum Gasteiger partial charge on any atom is 0.304 e.